The SMILES string of the molecule is C=CCN(Cc1nc2cc(C(=O)OC)ccc2c(=O)[nH]1)Cc1cccs1. The van der Waals surface area contributed by atoms with Crippen LogP contribution in [0.4, 0.5) is 0 Å². The van der Waals surface area contributed by atoms with E-state index in [9.17, 15) is 9.59 Å². The van der Waals surface area contributed by atoms with Gasteiger partial charge in [-0.05, 0) is 29.6 Å². The van der Waals surface area contributed by atoms with E-state index in [1.54, 1.807) is 29.5 Å². The minimum absolute atomic E-state index is 0.226. The van der Waals surface area contributed by atoms with E-state index in [-0.39, 0.29) is 5.56 Å². The molecule has 0 saturated carbocycles. The molecule has 0 fully saturated rings. The fraction of sp³-hybridized carbons (Fsp3) is 0.211. The Balaban J connectivity index is 1.91. The monoisotopic (exact) mass is 369 g/mol. The second-order valence-corrected chi connectivity index (χ2v) is 6.81. The van der Waals surface area contributed by atoms with Crippen molar-refractivity contribution < 1.29 is 9.53 Å². The van der Waals surface area contributed by atoms with Crippen LogP contribution in [0, 0.1) is 0 Å². The van der Waals surface area contributed by atoms with Crippen molar-refractivity contribution in [3.63, 3.8) is 0 Å². The highest BCUT2D eigenvalue weighted by Gasteiger charge is 2.12. The first kappa shape index (κ1) is 18.0. The summed E-state index contributed by atoms with van der Waals surface area (Å²) < 4.78 is 4.73. The maximum Gasteiger partial charge on any atom is 0.337 e. The molecule has 0 saturated heterocycles. The molecule has 0 aliphatic rings. The molecule has 1 N–H and O–H groups in total. The lowest BCUT2D eigenvalue weighted by atomic mass is 10.1. The second kappa shape index (κ2) is 8.07. The zero-order chi connectivity index (χ0) is 18.5. The highest BCUT2D eigenvalue weighted by atomic mass is 32.1. The molecule has 0 bridgehead atoms. The van der Waals surface area contributed by atoms with Gasteiger partial charge in [0, 0.05) is 18.0 Å². The fourth-order valence-corrected chi connectivity index (χ4v) is 3.46. The number of thiophene rings is 1. The first-order valence-electron chi connectivity index (χ1n) is 8.07. The number of fused-ring (bicyclic) bond motifs is 1. The number of aromatic amines is 1. The Morgan fingerprint density at radius 3 is 2.92 bits per heavy atom. The molecular weight excluding hydrogens is 350 g/mol. The summed E-state index contributed by atoms with van der Waals surface area (Å²) in [6.45, 7) is 5.68. The van der Waals surface area contributed by atoms with Crippen LogP contribution < -0.4 is 5.56 Å². The first-order chi connectivity index (χ1) is 12.6. The lowest BCUT2D eigenvalue weighted by Crippen LogP contribution is -2.25. The van der Waals surface area contributed by atoms with E-state index in [1.165, 1.54) is 12.0 Å². The van der Waals surface area contributed by atoms with Crippen LogP contribution in [0.5, 0.6) is 0 Å². The van der Waals surface area contributed by atoms with Crippen molar-refractivity contribution in [2.45, 2.75) is 13.1 Å². The minimum Gasteiger partial charge on any atom is -0.465 e. The van der Waals surface area contributed by atoms with Gasteiger partial charge in [0.2, 0.25) is 0 Å². The molecule has 0 atom stereocenters. The van der Waals surface area contributed by atoms with Gasteiger partial charge >= 0.3 is 5.97 Å². The Kier molecular flexibility index (Phi) is 5.60. The van der Waals surface area contributed by atoms with Crippen molar-refractivity contribution in [1.29, 1.82) is 0 Å². The van der Waals surface area contributed by atoms with Crippen molar-refractivity contribution >= 4 is 28.2 Å². The van der Waals surface area contributed by atoms with Crippen LogP contribution in [0.1, 0.15) is 21.1 Å². The maximum atomic E-state index is 12.4. The molecular formula is C19H19N3O3S. The van der Waals surface area contributed by atoms with E-state index in [4.69, 9.17) is 4.74 Å². The highest BCUT2D eigenvalue weighted by Crippen LogP contribution is 2.15. The predicted octanol–water partition coefficient (Wildman–Crippen LogP) is 2.96. The number of nitrogens with zero attached hydrogens (tertiary/aromatic N) is 2. The third kappa shape index (κ3) is 4.07. The Morgan fingerprint density at radius 2 is 2.23 bits per heavy atom. The summed E-state index contributed by atoms with van der Waals surface area (Å²) in [6.07, 6.45) is 1.82. The number of aromatic nitrogens is 2. The molecule has 2 heterocycles. The van der Waals surface area contributed by atoms with E-state index in [2.05, 4.69) is 27.5 Å². The largest absolute Gasteiger partial charge is 0.465 e. The number of carbonyl (C=O) groups excluding carboxylic acids is 1. The van der Waals surface area contributed by atoms with Crippen LogP contribution in [-0.4, -0.2) is 34.5 Å². The van der Waals surface area contributed by atoms with Gasteiger partial charge in [-0.2, -0.15) is 0 Å². The van der Waals surface area contributed by atoms with E-state index in [0.717, 1.165) is 6.54 Å². The topological polar surface area (TPSA) is 75.3 Å². The zero-order valence-electron chi connectivity index (χ0n) is 14.4. The predicted molar refractivity (Wildman–Crippen MR) is 102 cm³/mol. The molecule has 3 aromatic rings. The molecule has 2 aromatic heterocycles. The second-order valence-electron chi connectivity index (χ2n) is 5.77. The number of nitrogens with one attached hydrogen (secondary N) is 1. The van der Waals surface area contributed by atoms with Gasteiger partial charge in [-0.1, -0.05) is 12.1 Å². The van der Waals surface area contributed by atoms with Crippen LogP contribution >= 0.6 is 11.3 Å². The lowest BCUT2D eigenvalue weighted by molar-refractivity contribution is 0.0601. The van der Waals surface area contributed by atoms with Gasteiger partial charge in [-0.15, -0.1) is 17.9 Å². The Morgan fingerprint density at radius 1 is 1.38 bits per heavy atom. The van der Waals surface area contributed by atoms with Gasteiger partial charge in [0.15, 0.2) is 0 Å². The van der Waals surface area contributed by atoms with Gasteiger partial charge in [-0.3, -0.25) is 9.69 Å². The number of carbonyl (C=O) groups is 1. The number of hydrogen-bond donors (Lipinski definition) is 1. The number of esters is 1. The molecule has 1 aromatic carbocycles. The van der Waals surface area contributed by atoms with Crippen LogP contribution in [-0.2, 0) is 17.8 Å². The third-order valence-electron chi connectivity index (χ3n) is 3.90. The summed E-state index contributed by atoms with van der Waals surface area (Å²) in [7, 11) is 1.32. The summed E-state index contributed by atoms with van der Waals surface area (Å²) in [5.74, 6) is 0.0874. The third-order valence-corrected chi connectivity index (χ3v) is 4.76. The van der Waals surface area contributed by atoms with Gasteiger partial charge in [0.05, 0.1) is 30.1 Å². The van der Waals surface area contributed by atoms with Crippen molar-refractivity contribution in [3.05, 3.63) is 75.0 Å². The van der Waals surface area contributed by atoms with Gasteiger partial charge in [0.1, 0.15) is 5.82 Å². The molecule has 0 unspecified atom stereocenters. The number of hydrogen-bond acceptors (Lipinski definition) is 6. The highest BCUT2D eigenvalue weighted by molar-refractivity contribution is 7.09. The number of benzene rings is 1. The molecule has 6 nitrogen and oxygen atoms in total. The molecule has 7 heteroatoms. The normalized spacial score (nSPS) is 11.0. The van der Waals surface area contributed by atoms with E-state index in [1.807, 2.05) is 17.5 Å². The number of ether oxygens (including phenoxy) is 1. The van der Waals surface area contributed by atoms with Crippen molar-refractivity contribution in [1.82, 2.24) is 14.9 Å². The van der Waals surface area contributed by atoms with Crippen LogP contribution in [0.15, 0.2) is 53.2 Å². The van der Waals surface area contributed by atoms with E-state index in [0.29, 0.717) is 35.4 Å². The van der Waals surface area contributed by atoms with E-state index < -0.39 is 5.97 Å². The summed E-state index contributed by atoms with van der Waals surface area (Å²) in [5, 5.41) is 2.47. The molecule has 0 amide bonds. The van der Waals surface area contributed by atoms with Crippen molar-refractivity contribution in [2.24, 2.45) is 0 Å². The van der Waals surface area contributed by atoms with Gasteiger partial charge < -0.3 is 9.72 Å². The Labute approximate surface area is 154 Å². The lowest BCUT2D eigenvalue weighted by Gasteiger charge is -2.19. The first-order valence-corrected chi connectivity index (χ1v) is 8.95. The molecule has 0 aliphatic carbocycles. The van der Waals surface area contributed by atoms with Crippen molar-refractivity contribution in [2.75, 3.05) is 13.7 Å². The quantitative estimate of drug-likeness (QED) is 0.512. The summed E-state index contributed by atoms with van der Waals surface area (Å²) >= 11 is 1.68. The Bertz CT molecular complexity index is 979. The number of methoxy groups -OCH3 is 1. The summed E-state index contributed by atoms with van der Waals surface area (Å²) in [6, 6.07) is 8.81. The average Bonchev–Trinajstić information content (AvgIpc) is 3.13. The van der Waals surface area contributed by atoms with Gasteiger partial charge in [-0.25, -0.2) is 9.78 Å². The molecule has 134 valence electrons. The summed E-state index contributed by atoms with van der Waals surface area (Å²) in [4.78, 5) is 34.8. The smallest absolute Gasteiger partial charge is 0.337 e. The maximum absolute atomic E-state index is 12.4. The summed E-state index contributed by atoms with van der Waals surface area (Å²) in [5.41, 5.74) is 0.614. The standard InChI is InChI=1S/C19H19N3O3S/c1-3-8-22(11-14-5-4-9-26-14)12-17-20-16-10-13(19(24)25-2)6-7-15(16)18(23)21-17/h3-7,9-10H,1,8,11-12H2,2H3,(H,20,21,23). The van der Waals surface area contributed by atoms with Crippen molar-refractivity contribution in [3.8, 4) is 0 Å². The number of rotatable bonds is 7. The minimum atomic E-state index is -0.457. The molecule has 0 spiro atoms. The molecule has 0 radical (unpaired) electrons. The number of H-pyrrole nitrogens is 1. The average molecular weight is 369 g/mol. The fourth-order valence-electron chi connectivity index (χ4n) is 2.71. The molecule has 26 heavy (non-hydrogen) atoms. The van der Waals surface area contributed by atoms with Crippen LogP contribution in [0.2, 0.25) is 0 Å². The van der Waals surface area contributed by atoms with E-state index >= 15 is 0 Å². The van der Waals surface area contributed by atoms with Crippen LogP contribution in [0.25, 0.3) is 10.9 Å². The molecule has 3 rings (SSSR count). The van der Waals surface area contributed by atoms with Crippen LogP contribution in [0.3, 0.4) is 0 Å². The van der Waals surface area contributed by atoms with Gasteiger partial charge in [0.25, 0.3) is 5.56 Å². The molecule has 0 aliphatic heterocycles. The Hall–Kier alpha value is -2.77. The zero-order valence-corrected chi connectivity index (χ0v) is 15.2.